The Balaban J connectivity index is 2.72. The lowest BCUT2D eigenvalue weighted by Crippen LogP contribution is -2.27. The number of hydrogen-bond donors (Lipinski definition) is 0. The molecule has 94 valence electrons. The summed E-state index contributed by atoms with van der Waals surface area (Å²) in [6.45, 7) is 3.27. The molecule has 3 nitrogen and oxygen atoms in total. The predicted molar refractivity (Wildman–Crippen MR) is 69.4 cm³/mol. The van der Waals surface area contributed by atoms with Crippen LogP contribution in [0.4, 0.5) is 0 Å². The lowest BCUT2D eigenvalue weighted by Gasteiger charge is -2.18. The molecule has 0 N–H and O–H groups in total. The molecule has 0 heterocycles. The van der Waals surface area contributed by atoms with Crippen molar-refractivity contribution in [2.75, 3.05) is 19.5 Å². The summed E-state index contributed by atoms with van der Waals surface area (Å²) in [6, 6.07) is 7.75. The van der Waals surface area contributed by atoms with Gasteiger partial charge in [0.15, 0.2) is 0 Å². The van der Waals surface area contributed by atoms with E-state index in [1.807, 2.05) is 24.3 Å². The molecule has 0 aliphatic rings. The number of carbonyl (C=O) groups is 1. The normalized spacial score (nSPS) is 10.1. The average Bonchev–Trinajstić information content (AvgIpc) is 2.36. The second-order valence-corrected chi connectivity index (χ2v) is 4.11. The standard InChI is InChI=1S/C13H18ClNO2/c1-3-8-17-12-7-5-4-6-11(12)10-15(2)13(16)9-14/h4-7H,3,8-10H2,1-2H3. The summed E-state index contributed by atoms with van der Waals surface area (Å²) in [4.78, 5) is 13.0. The van der Waals surface area contributed by atoms with E-state index in [0.29, 0.717) is 13.2 Å². The van der Waals surface area contributed by atoms with Gasteiger partial charge in [-0.3, -0.25) is 4.79 Å². The van der Waals surface area contributed by atoms with Gasteiger partial charge in [0.25, 0.3) is 0 Å². The van der Waals surface area contributed by atoms with Crippen LogP contribution in [0.5, 0.6) is 5.75 Å². The van der Waals surface area contributed by atoms with Crippen LogP contribution in [-0.2, 0) is 11.3 Å². The molecule has 0 saturated heterocycles. The van der Waals surface area contributed by atoms with Crippen molar-refractivity contribution in [3.05, 3.63) is 29.8 Å². The van der Waals surface area contributed by atoms with Crippen molar-refractivity contribution in [1.29, 1.82) is 0 Å². The van der Waals surface area contributed by atoms with Crippen LogP contribution >= 0.6 is 11.6 Å². The molecule has 0 bridgehead atoms. The van der Waals surface area contributed by atoms with Crippen molar-refractivity contribution in [3.63, 3.8) is 0 Å². The minimum Gasteiger partial charge on any atom is -0.493 e. The van der Waals surface area contributed by atoms with Gasteiger partial charge in [-0.25, -0.2) is 0 Å². The van der Waals surface area contributed by atoms with E-state index in [1.165, 1.54) is 0 Å². The fourth-order valence-electron chi connectivity index (χ4n) is 1.43. The molecule has 0 spiro atoms. The fourth-order valence-corrected chi connectivity index (χ4v) is 1.64. The van der Waals surface area contributed by atoms with Crippen LogP contribution in [0.2, 0.25) is 0 Å². The Morgan fingerprint density at radius 3 is 2.76 bits per heavy atom. The fraction of sp³-hybridized carbons (Fsp3) is 0.462. The number of ether oxygens (including phenoxy) is 1. The summed E-state index contributed by atoms with van der Waals surface area (Å²) in [5.74, 6) is 0.759. The van der Waals surface area contributed by atoms with Crippen LogP contribution in [0, 0.1) is 0 Å². The quantitative estimate of drug-likeness (QED) is 0.732. The van der Waals surface area contributed by atoms with Gasteiger partial charge in [0, 0.05) is 19.2 Å². The molecular formula is C13H18ClNO2. The average molecular weight is 256 g/mol. The summed E-state index contributed by atoms with van der Waals surface area (Å²) < 4.78 is 5.63. The van der Waals surface area contributed by atoms with E-state index < -0.39 is 0 Å². The highest BCUT2D eigenvalue weighted by molar-refractivity contribution is 6.27. The lowest BCUT2D eigenvalue weighted by atomic mass is 10.2. The predicted octanol–water partition coefficient (Wildman–Crippen LogP) is 2.67. The first kappa shape index (κ1) is 13.8. The lowest BCUT2D eigenvalue weighted by molar-refractivity contribution is -0.127. The number of nitrogens with zero attached hydrogens (tertiary/aromatic N) is 1. The van der Waals surface area contributed by atoms with Crippen molar-refractivity contribution in [2.45, 2.75) is 19.9 Å². The van der Waals surface area contributed by atoms with E-state index >= 15 is 0 Å². The maximum atomic E-state index is 11.4. The second kappa shape index (κ2) is 7.17. The van der Waals surface area contributed by atoms with E-state index in [0.717, 1.165) is 17.7 Å². The molecule has 0 aliphatic carbocycles. The Morgan fingerprint density at radius 1 is 1.41 bits per heavy atom. The van der Waals surface area contributed by atoms with E-state index in [4.69, 9.17) is 16.3 Å². The highest BCUT2D eigenvalue weighted by Crippen LogP contribution is 2.19. The molecule has 0 aliphatic heterocycles. The highest BCUT2D eigenvalue weighted by Gasteiger charge is 2.10. The molecule has 0 radical (unpaired) electrons. The molecular weight excluding hydrogens is 238 g/mol. The number of halogens is 1. The van der Waals surface area contributed by atoms with Gasteiger partial charge in [-0.2, -0.15) is 0 Å². The third-order valence-corrected chi connectivity index (χ3v) is 2.61. The topological polar surface area (TPSA) is 29.5 Å². The molecule has 4 heteroatoms. The number of alkyl halides is 1. The van der Waals surface area contributed by atoms with Gasteiger partial charge in [0.05, 0.1) is 6.61 Å². The van der Waals surface area contributed by atoms with E-state index in [-0.39, 0.29) is 11.8 Å². The van der Waals surface area contributed by atoms with Crippen molar-refractivity contribution >= 4 is 17.5 Å². The van der Waals surface area contributed by atoms with Crippen LogP contribution in [0.15, 0.2) is 24.3 Å². The van der Waals surface area contributed by atoms with Gasteiger partial charge in [0.1, 0.15) is 11.6 Å². The third kappa shape index (κ3) is 4.27. The number of rotatable bonds is 6. The first-order valence-electron chi connectivity index (χ1n) is 5.69. The highest BCUT2D eigenvalue weighted by atomic mass is 35.5. The van der Waals surface area contributed by atoms with Gasteiger partial charge in [-0.15, -0.1) is 11.6 Å². The molecule has 0 fully saturated rings. The van der Waals surface area contributed by atoms with Crippen LogP contribution < -0.4 is 4.74 Å². The molecule has 0 atom stereocenters. The molecule has 17 heavy (non-hydrogen) atoms. The zero-order valence-electron chi connectivity index (χ0n) is 10.3. The zero-order chi connectivity index (χ0) is 12.7. The Bertz CT molecular complexity index is 368. The number of carbonyl (C=O) groups excluding carboxylic acids is 1. The number of amides is 1. The van der Waals surface area contributed by atoms with Crippen molar-refractivity contribution in [3.8, 4) is 5.75 Å². The second-order valence-electron chi connectivity index (χ2n) is 3.84. The van der Waals surface area contributed by atoms with Gasteiger partial charge in [-0.1, -0.05) is 25.1 Å². The van der Waals surface area contributed by atoms with Gasteiger partial charge in [0.2, 0.25) is 5.91 Å². The van der Waals surface area contributed by atoms with E-state index in [1.54, 1.807) is 11.9 Å². The summed E-state index contributed by atoms with van der Waals surface area (Å²) in [5, 5.41) is 0. The largest absolute Gasteiger partial charge is 0.493 e. The SMILES string of the molecule is CCCOc1ccccc1CN(C)C(=O)CCl. The number of para-hydroxylation sites is 1. The van der Waals surface area contributed by atoms with Crippen LogP contribution in [-0.4, -0.2) is 30.3 Å². The zero-order valence-corrected chi connectivity index (χ0v) is 11.0. The summed E-state index contributed by atoms with van der Waals surface area (Å²) in [7, 11) is 1.74. The number of hydrogen-bond acceptors (Lipinski definition) is 2. The van der Waals surface area contributed by atoms with E-state index in [2.05, 4.69) is 6.92 Å². The molecule has 0 saturated carbocycles. The molecule has 0 unspecified atom stereocenters. The van der Waals surface area contributed by atoms with Gasteiger partial charge < -0.3 is 9.64 Å². The molecule has 0 aromatic heterocycles. The Hall–Kier alpha value is -1.22. The van der Waals surface area contributed by atoms with Gasteiger partial charge >= 0.3 is 0 Å². The third-order valence-electron chi connectivity index (χ3n) is 2.38. The first-order valence-corrected chi connectivity index (χ1v) is 6.23. The maximum Gasteiger partial charge on any atom is 0.237 e. The van der Waals surface area contributed by atoms with Crippen LogP contribution in [0.25, 0.3) is 0 Å². The minimum absolute atomic E-state index is 0.00842. The Labute approximate surface area is 107 Å². The summed E-state index contributed by atoms with van der Waals surface area (Å²) in [6.07, 6.45) is 0.963. The van der Waals surface area contributed by atoms with Crippen LogP contribution in [0.1, 0.15) is 18.9 Å². The Morgan fingerprint density at radius 2 is 2.12 bits per heavy atom. The first-order chi connectivity index (χ1) is 8.19. The van der Waals surface area contributed by atoms with Crippen LogP contribution in [0.3, 0.4) is 0 Å². The van der Waals surface area contributed by atoms with Gasteiger partial charge in [-0.05, 0) is 12.5 Å². The van der Waals surface area contributed by atoms with Crippen molar-refractivity contribution in [1.82, 2.24) is 4.90 Å². The van der Waals surface area contributed by atoms with Crippen molar-refractivity contribution < 1.29 is 9.53 Å². The summed E-state index contributed by atoms with van der Waals surface area (Å²) in [5.41, 5.74) is 1.00. The molecule has 1 aromatic carbocycles. The Kier molecular flexibility index (Phi) is 5.84. The number of benzene rings is 1. The summed E-state index contributed by atoms with van der Waals surface area (Å²) >= 11 is 5.51. The van der Waals surface area contributed by atoms with E-state index in [9.17, 15) is 4.79 Å². The molecule has 1 aromatic rings. The minimum atomic E-state index is -0.0861. The monoisotopic (exact) mass is 255 g/mol. The van der Waals surface area contributed by atoms with Crippen molar-refractivity contribution in [2.24, 2.45) is 0 Å². The smallest absolute Gasteiger partial charge is 0.237 e. The molecule has 1 amide bonds. The maximum absolute atomic E-state index is 11.4. The molecule has 1 rings (SSSR count).